The molecule has 136 valence electrons. The van der Waals surface area contributed by atoms with E-state index in [0.29, 0.717) is 11.2 Å². The second-order valence-electron chi connectivity index (χ2n) is 7.38. The second-order valence-corrected chi connectivity index (χ2v) is 7.38. The molecular formula is C21H21N5O. The van der Waals surface area contributed by atoms with Gasteiger partial charge < -0.3 is 14.3 Å². The van der Waals surface area contributed by atoms with Crippen LogP contribution in [0.1, 0.15) is 36.4 Å². The third-order valence-corrected chi connectivity index (χ3v) is 5.21. The Labute approximate surface area is 157 Å². The van der Waals surface area contributed by atoms with Crippen LogP contribution in [0.25, 0.3) is 22.1 Å². The molecule has 6 heteroatoms. The fraction of sp³-hybridized carbons (Fsp3) is 0.286. The third-order valence-electron chi connectivity index (χ3n) is 5.21. The van der Waals surface area contributed by atoms with E-state index in [9.17, 15) is 0 Å². The maximum Gasteiger partial charge on any atom is 0.177 e. The molecule has 0 atom stereocenters. The fourth-order valence-corrected chi connectivity index (χ4v) is 3.87. The zero-order valence-electron chi connectivity index (χ0n) is 16.1. The fourth-order valence-electron chi connectivity index (χ4n) is 3.87. The highest BCUT2D eigenvalue weighted by molar-refractivity contribution is 5.90. The van der Waals surface area contributed by atoms with Gasteiger partial charge in [-0.2, -0.15) is 5.26 Å². The zero-order valence-corrected chi connectivity index (χ0v) is 16.1. The summed E-state index contributed by atoms with van der Waals surface area (Å²) in [6.45, 7) is 6.33. The molecule has 0 spiro atoms. The predicted octanol–water partition coefficient (Wildman–Crippen LogP) is 3.96. The molecule has 0 saturated carbocycles. The van der Waals surface area contributed by atoms with Crippen molar-refractivity contribution in [1.82, 2.24) is 19.5 Å². The number of hydrogen-bond donors (Lipinski definition) is 1. The molecule has 0 aliphatic heterocycles. The molecule has 0 aliphatic rings. The SMILES string of the molecule is COc1cc(C)c2c(ccn2C)c1C(C)(C)c1nc2ncc(C#N)cc2[nH]1. The molecule has 0 bridgehead atoms. The van der Waals surface area contributed by atoms with Crippen LogP contribution in [0.15, 0.2) is 30.6 Å². The average Bonchev–Trinajstić information content (AvgIpc) is 3.25. The summed E-state index contributed by atoms with van der Waals surface area (Å²) < 4.78 is 7.88. The van der Waals surface area contributed by atoms with E-state index in [1.165, 1.54) is 11.1 Å². The van der Waals surface area contributed by atoms with Crippen LogP contribution in [0.3, 0.4) is 0 Å². The third kappa shape index (κ3) is 2.47. The lowest BCUT2D eigenvalue weighted by Crippen LogP contribution is -2.22. The number of aromatic nitrogens is 4. The summed E-state index contributed by atoms with van der Waals surface area (Å²) in [5.74, 6) is 1.62. The molecule has 0 amide bonds. The molecule has 0 fully saturated rings. The Morgan fingerprint density at radius 2 is 2.07 bits per heavy atom. The van der Waals surface area contributed by atoms with Crippen molar-refractivity contribution in [3.05, 3.63) is 53.1 Å². The van der Waals surface area contributed by atoms with Crippen molar-refractivity contribution in [2.75, 3.05) is 7.11 Å². The molecule has 4 rings (SSSR count). The van der Waals surface area contributed by atoms with Crippen molar-refractivity contribution < 1.29 is 4.74 Å². The van der Waals surface area contributed by atoms with E-state index in [2.05, 4.69) is 59.7 Å². The number of rotatable bonds is 3. The number of hydrogen-bond acceptors (Lipinski definition) is 4. The summed E-state index contributed by atoms with van der Waals surface area (Å²) in [5, 5.41) is 10.3. The van der Waals surface area contributed by atoms with Crippen molar-refractivity contribution in [2.24, 2.45) is 7.05 Å². The number of pyridine rings is 1. The van der Waals surface area contributed by atoms with Crippen LogP contribution in [0.2, 0.25) is 0 Å². The van der Waals surface area contributed by atoms with Gasteiger partial charge in [-0.1, -0.05) is 0 Å². The minimum atomic E-state index is -0.452. The van der Waals surface area contributed by atoms with Gasteiger partial charge in [-0.25, -0.2) is 9.97 Å². The van der Waals surface area contributed by atoms with Gasteiger partial charge in [-0.15, -0.1) is 0 Å². The molecule has 1 N–H and O–H groups in total. The van der Waals surface area contributed by atoms with Crippen molar-refractivity contribution in [3.8, 4) is 11.8 Å². The summed E-state index contributed by atoms with van der Waals surface area (Å²) in [5.41, 5.74) is 4.84. The Bertz CT molecular complexity index is 1220. The quantitative estimate of drug-likeness (QED) is 0.600. The first-order valence-corrected chi connectivity index (χ1v) is 8.76. The Balaban J connectivity index is 1.99. The number of benzene rings is 1. The molecule has 0 radical (unpaired) electrons. The first-order valence-electron chi connectivity index (χ1n) is 8.76. The number of fused-ring (bicyclic) bond motifs is 2. The molecule has 4 aromatic rings. The van der Waals surface area contributed by atoms with Gasteiger partial charge in [0.15, 0.2) is 5.65 Å². The van der Waals surface area contributed by atoms with Crippen molar-refractivity contribution >= 4 is 22.1 Å². The highest BCUT2D eigenvalue weighted by Gasteiger charge is 2.33. The summed E-state index contributed by atoms with van der Waals surface area (Å²) in [6, 6.07) is 8.09. The minimum Gasteiger partial charge on any atom is -0.496 e. The molecule has 0 unspecified atom stereocenters. The van der Waals surface area contributed by atoms with Crippen molar-refractivity contribution in [1.29, 1.82) is 5.26 Å². The lowest BCUT2D eigenvalue weighted by Gasteiger charge is -2.26. The van der Waals surface area contributed by atoms with Gasteiger partial charge in [0.25, 0.3) is 0 Å². The maximum absolute atomic E-state index is 9.11. The minimum absolute atomic E-state index is 0.452. The monoisotopic (exact) mass is 359 g/mol. The number of imidazole rings is 1. The zero-order chi connectivity index (χ0) is 19.3. The van der Waals surface area contributed by atoms with Gasteiger partial charge in [-0.3, -0.25) is 0 Å². The van der Waals surface area contributed by atoms with Crippen LogP contribution in [0.5, 0.6) is 5.75 Å². The van der Waals surface area contributed by atoms with Crippen molar-refractivity contribution in [2.45, 2.75) is 26.2 Å². The molecule has 0 aliphatic carbocycles. The van der Waals surface area contributed by atoms with Gasteiger partial charge in [0, 0.05) is 30.4 Å². The van der Waals surface area contributed by atoms with Gasteiger partial charge in [-0.05, 0) is 44.5 Å². The predicted molar refractivity (Wildman–Crippen MR) is 105 cm³/mol. The number of nitrogens with zero attached hydrogens (tertiary/aromatic N) is 4. The van der Waals surface area contributed by atoms with Crippen LogP contribution in [0, 0.1) is 18.3 Å². The number of H-pyrrole nitrogens is 1. The van der Waals surface area contributed by atoms with Crippen LogP contribution in [0.4, 0.5) is 0 Å². The highest BCUT2D eigenvalue weighted by atomic mass is 16.5. The number of methoxy groups -OCH3 is 1. The normalized spacial score (nSPS) is 11.9. The molecule has 27 heavy (non-hydrogen) atoms. The lowest BCUT2D eigenvalue weighted by atomic mass is 9.80. The van der Waals surface area contributed by atoms with E-state index >= 15 is 0 Å². The maximum atomic E-state index is 9.11. The van der Waals surface area contributed by atoms with Gasteiger partial charge >= 0.3 is 0 Å². The summed E-state index contributed by atoms with van der Waals surface area (Å²) in [7, 11) is 3.75. The van der Waals surface area contributed by atoms with Gasteiger partial charge in [0.1, 0.15) is 17.6 Å². The van der Waals surface area contributed by atoms with E-state index in [1.54, 1.807) is 19.4 Å². The van der Waals surface area contributed by atoms with E-state index in [0.717, 1.165) is 28.0 Å². The van der Waals surface area contributed by atoms with Crippen LogP contribution in [-0.4, -0.2) is 26.6 Å². The van der Waals surface area contributed by atoms with Gasteiger partial charge in [0.05, 0.1) is 29.1 Å². The van der Waals surface area contributed by atoms with E-state index in [4.69, 9.17) is 15.0 Å². The Morgan fingerprint density at radius 1 is 1.30 bits per heavy atom. The van der Waals surface area contributed by atoms with E-state index in [-0.39, 0.29) is 0 Å². The van der Waals surface area contributed by atoms with E-state index in [1.807, 2.05) is 7.05 Å². The van der Waals surface area contributed by atoms with Crippen LogP contribution >= 0.6 is 0 Å². The van der Waals surface area contributed by atoms with Crippen molar-refractivity contribution in [3.63, 3.8) is 0 Å². The second kappa shape index (κ2) is 5.85. The van der Waals surface area contributed by atoms with Crippen LogP contribution < -0.4 is 4.74 Å². The summed E-state index contributed by atoms with van der Waals surface area (Å²) in [4.78, 5) is 12.4. The standard InChI is InChI=1S/C21H21N5O/c1-12-8-16(27-5)17(14-6-7-26(4)18(12)14)21(2,3)20-24-15-9-13(10-22)11-23-19(15)25-20/h6-9,11H,1-5H3,(H,23,24,25). The number of nitrogens with one attached hydrogen (secondary N) is 1. The van der Waals surface area contributed by atoms with Crippen LogP contribution in [-0.2, 0) is 12.5 Å². The first kappa shape index (κ1) is 17.1. The summed E-state index contributed by atoms with van der Waals surface area (Å²) >= 11 is 0. The number of nitriles is 1. The van der Waals surface area contributed by atoms with E-state index < -0.39 is 5.41 Å². The Morgan fingerprint density at radius 3 is 2.78 bits per heavy atom. The number of ether oxygens (including phenoxy) is 1. The number of aromatic amines is 1. The van der Waals surface area contributed by atoms with Gasteiger partial charge in [0.2, 0.25) is 0 Å². The lowest BCUT2D eigenvalue weighted by molar-refractivity contribution is 0.400. The molecular weight excluding hydrogens is 338 g/mol. The summed E-state index contributed by atoms with van der Waals surface area (Å²) in [6.07, 6.45) is 3.61. The Kier molecular flexibility index (Phi) is 3.70. The largest absolute Gasteiger partial charge is 0.496 e. The Hall–Kier alpha value is -3.33. The topological polar surface area (TPSA) is 79.5 Å². The smallest absolute Gasteiger partial charge is 0.177 e. The molecule has 6 nitrogen and oxygen atoms in total. The first-order chi connectivity index (χ1) is 12.9. The molecule has 3 aromatic heterocycles. The highest BCUT2D eigenvalue weighted by Crippen LogP contribution is 2.42. The molecule has 0 saturated heterocycles. The molecule has 1 aromatic carbocycles. The average molecular weight is 359 g/mol. The number of aryl methyl sites for hydroxylation is 2. The molecule has 3 heterocycles.